The van der Waals surface area contributed by atoms with E-state index >= 15 is 0 Å². The zero-order chi connectivity index (χ0) is 21.7. The Balaban J connectivity index is 1.63. The van der Waals surface area contributed by atoms with Gasteiger partial charge in [0, 0.05) is 18.3 Å². The van der Waals surface area contributed by atoms with Gasteiger partial charge in [-0.15, -0.1) is 11.3 Å². The molecule has 2 aromatic carbocycles. The summed E-state index contributed by atoms with van der Waals surface area (Å²) in [6.07, 6.45) is 2.30. The van der Waals surface area contributed by atoms with Crippen LogP contribution in [-0.2, 0) is 16.0 Å². The van der Waals surface area contributed by atoms with Gasteiger partial charge < -0.3 is 15.4 Å². The van der Waals surface area contributed by atoms with Crippen LogP contribution in [0, 0.1) is 5.41 Å². The van der Waals surface area contributed by atoms with Crippen LogP contribution in [0.2, 0.25) is 5.02 Å². The molecule has 0 aliphatic carbocycles. The predicted molar refractivity (Wildman–Crippen MR) is 121 cm³/mol. The Labute approximate surface area is 184 Å². The lowest BCUT2D eigenvalue weighted by Gasteiger charge is -2.19. The first-order valence-electron chi connectivity index (χ1n) is 9.24. The summed E-state index contributed by atoms with van der Waals surface area (Å²) in [5.74, 6) is -0.259. The highest BCUT2D eigenvalue weighted by molar-refractivity contribution is 7.15. The Kier molecular flexibility index (Phi) is 6.74. The fourth-order valence-corrected chi connectivity index (χ4v) is 4.15. The number of carbonyl (C=O) groups is 2. The van der Waals surface area contributed by atoms with E-state index in [1.54, 1.807) is 30.5 Å². The summed E-state index contributed by atoms with van der Waals surface area (Å²) in [6, 6.07) is 14.1. The number of para-hydroxylation sites is 1. The summed E-state index contributed by atoms with van der Waals surface area (Å²) in [6.45, 7) is 3.68. The van der Waals surface area contributed by atoms with Gasteiger partial charge in [0.2, 0.25) is 0 Å². The molecule has 0 radical (unpaired) electrons. The molecule has 156 valence electrons. The standard InChI is InChI=1S/C22H22ClN3O3S/c1-22(2,20(27)29-3)12-19-24-13-18(30-19)14-8-10-15(11-9-14)25-21(28)26-17-7-5-4-6-16(17)23/h4-11,13H,12H2,1-3H3,(H2,25,26,28). The number of nitrogens with zero attached hydrogens (tertiary/aromatic N) is 1. The topological polar surface area (TPSA) is 80.3 Å². The van der Waals surface area contributed by atoms with Crippen LogP contribution in [-0.4, -0.2) is 24.1 Å². The molecule has 1 heterocycles. The van der Waals surface area contributed by atoms with Gasteiger partial charge in [-0.25, -0.2) is 9.78 Å². The molecule has 0 fully saturated rings. The van der Waals surface area contributed by atoms with Crippen LogP contribution < -0.4 is 10.6 Å². The van der Waals surface area contributed by atoms with Gasteiger partial charge >= 0.3 is 12.0 Å². The molecule has 0 atom stereocenters. The molecule has 0 saturated carbocycles. The van der Waals surface area contributed by atoms with Crippen molar-refractivity contribution >= 4 is 46.3 Å². The average Bonchev–Trinajstić information content (AvgIpc) is 3.17. The SMILES string of the molecule is COC(=O)C(C)(C)Cc1ncc(-c2ccc(NC(=O)Nc3ccccc3Cl)cc2)s1. The second-order valence-electron chi connectivity index (χ2n) is 7.31. The average molecular weight is 444 g/mol. The van der Waals surface area contributed by atoms with Crippen molar-refractivity contribution in [1.29, 1.82) is 0 Å². The van der Waals surface area contributed by atoms with Gasteiger partial charge in [0.05, 0.1) is 33.1 Å². The Morgan fingerprint density at radius 3 is 2.47 bits per heavy atom. The maximum absolute atomic E-state index is 12.2. The molecule has 6 nitrogen and oxygen atoms in total. The quantitative estimate of drug-likeness (QED) is 0.468. The summed E-state index contributed by atoms with van der Waals surface area (Å²) in [5, 5.41) is 6.83. The number of carbonyl (C=O) groups excluding carboxylic acids is 2. The highest BCUT2D eigenvalue weighted by Crippen LogP contribution is 2.31. The normalized spacial score (nSPS) is 11.1. The van der Waals surface area contributed by atoms with E-state index in [0.29, 0.717) is 22.8 Å². The number of esters is 1. The molecule has 0 unspecified atom stereocenters. The lowest BCUT2D eigenvalue weighted by Crippen LogP contribution is -2.27. The molecule has 30 heavy (non-hydrogen) atoms. The number of rotatable bonds is 6. The van der Waals surface area contributed by atoms with Crippen LogP contribution in [0.5, 0.6) is 0 Å². The molecule has 1 aromatic heterocycles. The summed E-state index contributed by atoms with van der Waals surface area (Å²) in [5.41, 5.74) is 1.54. The van der Waals surface area contributed by atoms with Crippen LogP contribution >= 0.6 is 22.9 Å². The van der Waals surface area contributed by atoms with E-state index in [-0.39, 0.29) is 12.0 Å². The number of urea groups is 1. The number of hydrogen-bond acceptors (Lipinski definition) is 5. The fraction of sp³-hybridized carbons (Fsp3) is 0.227. The Bertz CT molecular complexity index is 1050. The number of aromatic nitrogens is 1. The third kappa shape index (κ3) is 5.37. The molecule has 0 aliphatic rings. The number of hydrogen-bond donors (Lipinski definition) is 2. The van der Waals surface area contributed by atoms with Crippen LogP contribution in [0.15, 0.2) is 54.7 Å². The first-order valence-corrected chi connectivity index (χ1v) is 10.4. The molecule has 0 bridgehead atoms. The third-order valence-electron chi connectivity index (χ3n) is 4.43. The maximum atomic E-state index is 12.2. The van der Waals surface area contributed by atoms with E-state index < -0.39 is 5.41 Å². The predicted octanol–water partition coefficient (Wildman–Crippen LogP) is 5.85. The molecule has 0 spiro atoms. The molecule has 3 rings (SSSR count). The molecule has 2 N–H and O–H groups in total. The van der Waals surface area contributed by atoms with Crippen molar-refractivity contribution < 1.29 is 14.3 Å². The van der Waals surface area contributed by atoms with E-state index in [0.717, 1.165) is 15.4 Å². The van der Waals surface area contributed by atoms with Gasteiger partial charge in [0.1, 0.15) is 0 Å². The van der Waals surface area contributed by atoms with Crippen molar-refractivity contribution in [3.05, 3.63) is 64.8 Å². The summed E-state index contributed by atoms with van der Waals surface area (Å²) in [7, 11) is 1.39. The number of ether oxygens (including phenoxy) is 1. The maximum Gasteiger partial charge on any atom is 0.323 e. The number of amides is 2. The van der Waals surface area contributed by atoms with E-state index in [2.05, 4.69) is 15.6 Å². The lowest BCUT2D eigenvalue weighted by molar-refractivity contribution is -0.150. The van der Waals surface area contributed by atoms with Crippen LogP contribution in [0.4, 0.5) is 16.2 Å². The second-order valence-corrected chi connectivity index (χ2v) is 8.83. The molecular weight excluding hydrogens is 422 g/mol. The Hall–Kier alpha value is -2.90. The number of nitrogens with one attached hydrogen (secondary N) is 2. The summed E-state index contributed by atoms with van der Waals surface area (Å²) >= 11 is 7.59. The minimum Gasteiger partial charge on any atom is -0.469 e. The largest absolute Gasteiger partial charge is 0.469 e. The molecule has 8 heteroatoms. The monoisotopic (exact) mass is 443 g/mol. The Morgan fingerprint density at radius 1 is 1.10 bits per heavy atom. The summed E-state index contributed by atoms with van der Waals surface area (Å²) in [4.78, 5) is 29.5. The van der Waals surface area contributed by atoms with Crippen molar-refractivity contribution in [2.24, 2.45) is 5.41 Å². The zero-order valence-corrected chi connectivity index (χ0v) is 18.4. The van der Waals surface area contributed by atoms with Gasteiger partial charge in [-0.2, -0.15) is 0 Å². The molecule has 3 aromatic rings. The van der Waals surface area contributed by atoms with E-state index in [9.17, 15) is 9.59 Å². The van der Waals surface area contributed by atoms with Crippen molar-refractivity contribution in [2.75, 3.05) is 17.7 Å². The molecule has 0 saturated heterocycles. The number of thiazole rings is 1. The van der Waals surface area contributed by atoms with E-state index in [1.807, 2.05) is 38.1 Å². The van der Waals surface area contributed by atoms with Gasteiger partial charge in [0.15, 0.2) is 0 Å². The molecular formula is C22H22ClN3O3S. The minimum absolute atomic E-state index is 0.259. The van der Waals surface area contributed by atoms with Crippen LogP contribution in [0.25, 0.3) is 10.4 Å². The highest BCUT2D eigenvalue weighted by atomic mass is 35.5. The minimum atomic E-state index is -0.632. The van der Waals surface area contributed by atoms with E-state index in [4.69, 9.17) is 16.3 Å². The van der Waals surface area contributed by atoms with Gasteiger partial charge in [-0.3, -0.25) is 4.79 Å². The van der Waals surface area contributed by atoms with Gasteiger partial charge in [-0.05, 0) is 43.7 Å². The van der Waals surface area contributed by atoms with Crippen molar-refractivity contribution in [3.63, 3.8) is 0 Å². The summed E-state index contributed by atoms with van der Waals surface area (Å²) < 4.78 is 4.86. The van der Waals surface area contributed by atoms with Crippen molar-refractivity contribution in [2.45, 2.75) is 20.3 Å². The number of benzene rings is 2. The first kappa shape index (κ1) is 21.8. The highest BCUT2D eigenvalue weighted by Gasteiger charge is 2.30. The fourth-order valence-electron chi connectivity index (χ4n) is 2.82. The zero-order valence-electron chi connectivity index (χ0n) is 16.9. The van der Waals surface area contributed by atoms with Crippen molar-refractivity contribution in [3.8, 4) is 10.4 Å². The van der Waals surface area contributed by atoms with Gasteiger partial charge in [0.25, 0.3) is 0 Å². The lowest BCUT2D eigenvalue weighted by atomic mass is 9.90. The Morgan fingerprint density at radius 2 is 1.80 bits per heavy atom. The third-order valence-corrected chi connectivity index (χ3v) is 5.81. The van der Waals surface area contributed by atoms with Crippen molar-refractivity contribution in [1.82, 2.24) is 4.98 Å². The van der Waals surface area contributed by atoms with Crippen LogP contribution in [0.3, 0.4) is 0 Å². The van der Waals surface area contributed by atoms with Crippen LogP contribution in [0.1, 0.15) is 18.9 Å². The van der Waals surface area contributed by atoms with Gasteiger partial charge in [-0.1, -0.05) is 35.9 Å². The van der Waals surface area contributed by atoms with E-state index in [1.165, 1.54) is 18.4 Å². The number of methoxy groups -OCH3 is 1. The number of halogens is 1. The molecule has 0 aliphatic heterocycles. The smallest absolute Gasteiger partial charge is 0.323 e. The molecule has 2 amide bonds. The first-order chi connectivity index (χ1) is 14.3. The second kappa shape index (κ2) is 9.28. The number of anilines is 2.